The van der Waals surface area contributed by atoms with Gasteiger partial charge in [0.2, 0.25) is 0 Å². The van der Waals surface area contributed by atoms with Crippen molar-refractivity contribution in [3.05, 3.63) is 23.9 Å². The largest absolute Gasteiger partial charge is 0.383 e. The molecule has 0 aromatic carbocycles. The molecule has 1 atom stereocenters. The molecule has 0 fully saturated rings. The van der Waals surface area contributed by atoms with Crippen LogP contribution in [0.5, 0.6) is 0 Å². The van der Waals surface area contributed by atoms with Crippen LogP contribution in [-0.2, 0) is 6.54 Å². The van der Waals surface area contributed by atoms with Crippen molar-refractivity contribution in [2.75, 3.05) is 12.8 Å². The first kappa shape index (κ1) is 13.0. The van der Waals surface area contributed by atoms with Crippen molar-refractivity contribution in [2.45, 2.75) is 39.8 Å². The molecule has 0 radical (unpaired) electrons. The number of nitrogens with zero attached hydrogens (tertiary/aromatic N) is 2. The SMILES string of the molecule is CC(C)CC(C)N(C)Cc1cccnc1N. The molecule has 3 nitrogen and oxygen atoms in total. The lowest BCUT2D eigenvalue weighted by molar-refractivity contribution is 0.221. The highest BCUT2D eigenvalue weighted by Crippen LogP contribution is 2.15. The van der Waals surface area contributed by atoms with Crippen LogP contribution in [0.4, 0.5) is 5.82 Å². The molecule has 0 saturated carbocycles. The van der Waals surface area contributed by atoms with E-state index in [-0.39, 0.29) is 0 Å². The van der Waals surface area contributed by atoms with Crippen molar-refractivity contribution in [2.24, 2.45) is 5.92 Å². The standard InChI is InChI=1S/C13H23N3/c1-10(2)8-11(3)16(4)9-12-6-5-7-15-13(12)14/h5-7,10-11H,8-9H2,1-4H3,(H2,14,15). The van der Waals surface area contributed by atoms with Gasteiger partial charge in [0, 0.05) is 24.3 Å². The highest BCUT2D eigenvalue weighted by molar-refractivity contribution is 5.38. The highest BCUT2D eigenvalue weighted by atomic mass is 15.1. The second-order valence-corrected chi connectivity index (χ2v) is 4.94. The fourth-order valence-electron chi connectivity index (χ4n) is 1.87. The first-order valence-corrected chi connectivity index (χ1v) is 5.90. The van der Waals surface area contributed by atoms with Crippen LogP contribution in [0, 0.1) is 5.92 Å². The van der Waals surface area contributed by atoms with Gasteiger partial charge in [-0.25, -0.2) is 4.98 Å². The van der Waals surface area contributed by atoms with Crippen molar-refractivity contribution in [3.8, 4) is 0 Å². The molecule has 1 rings (SSSR count). The van der Waals surface area contributed by atoms with Gasteiger partial charge in [0.05, 0.1) is 0 Å². The molecule has 1 aromatic rings. The maximum absolute atomic E-state index is 5.83. The third kappa shape index (κ3) is 3.81. The monoisotopic (exact) mass is 221 g/mol. The van der Waals surface area contributed by atoms with Crippen molar-refractivity contribution < 1.29 is 0 Å². The van der Waals surface area contributed by atoms with Crippen LogP contribution in [0.15, 0.2) is 18.3 Å². The van der Waals surface area contributed by atoms with E-state index in [0.717, 1.165) is 18.0 Å². The number of nitrogens with two attached hydrogens (primary N) is 1. The van der Waals surface area contributed by atoms with Crippen LogP contribution in [0.3, 0.4) is 0 Å². The molecule has 1 heterocycles. The van der Waals surface area contributed by atoms with Gasteiger partial charge in [0.25, 0.3) is 0 Å². The Bertz CT molecular complexity index is 323. The topological polar surface area (TPSA) is 42.2 Å². The second-order valence-electron chi connectivity index (χ2n) is 4.94. The summed E-state index contributed by atoms with van der Waals surface area (Å²) in [5.74, 6) is 1.37. The Morgan fingerprint density at radius 3 is 2.62 bits per heavy atom. The summed E-state index contributed by atoms with van der Waals surface area (Å²) in [5.41, 5.74) is 6.94. The van der Waals surface area contributed by atoms with E-state index in [1.165, 1.54) is 6.42 Å². The number of aromatic nitrogens is 1. The van der Waals surface area contributed by atoms with Crippen molar-refractivity contribution in [1.82, 2.24) is 9.88 Å². The van der Waals surface area contributed by atoms with Crippen LogP contribution in [0.1, 0.15) is 32.8 Å². The molecule has 90 valence electrons. The van der Waals surface area contributed by atoms with Gasteiger partial charge >= 0.3 is 0 Å². The number of nitrogen functional groups attached to an aromatic ring is 1. The smallest absolute Gasteiger partial charge is 0.127 e. The molecule has 3 heteroatoms. The van der Waals surface area contributed by atoms with Crippen LogP contribution >= 0.6 is 0 Å². The van der Waals surface area contributed by atoms with E-state index < -0.39 is 0 Å². The van der Waals surface area contributed by atoms with Gasteiger partial charge in [0.1, 0.15) is 5.82 Å². The van der Waals surface area contributed by atoms with Crippen LogP contribution in [0.25, 0.3) is 0 Å². The zero-order valence-corrected chi connectivity index (χ0v) is 10.8. The normalized spacial score (nSPS) is 13.4. The maximum Gasteiger partial charge on any atom is 0.127 e. The van der Waals surface area contributed by atoms with E-state index in [4.69, 9.17) is 5.73 Å². The third-order valence-corrected chi connectivity index (χ3v) is 2.91. The van der Waals surface area contributed by atoms with Crippen LogP contribution in [-0.4, -0.2) is 23.0 Å². The molecule has 16 heavy (non-hydrogen) atoms. The Labute approximate surface area is 98.7 Å². The lowest BCUT2D eigenvalue weighted by Gasteiger charge is -2.26. The summed E-state index contributed by atoms with van der Waals surface area (Å²) in [6.45, 7) is 7.63. The molecule has 0 bridgehead atoms. The minimum Gasteiger partial charge on any atom is -0.383 e. The fraction of sp³-hybridized carbons (Fsp3) is 0.615. The quantitative estimate of drug-likeness (QED) is 0.830. The van der Waals surface area contributed by atoms with E-state index in [2.05, 4.69) is 37.7 Å². The van der Waals surface area contributed by atoms with Crippen molar-refractivity contribution in [1.29, 1.82) is 0 Å². The molecule has 0 aliphatic rings. The summed E-state index contributed by atoms with van der Waals surface area (Å²) in [6, 6.07) is 4.55. The first-order chi connectivity index (χ1) is 7.50. The lowest BCUT2D eigenvalue weighted by atomic mass is 10.0. The first-order valence-electron chi connectivity index (χ1n) is 5.90. The average Bonchev–Trinajstić information content (AvgIpc) is 2.20. The molecule has 2 N–H and O–H groups in total. The molecular formula is C13H23N3. The zero-order chi connectivity index (χ0) is 12.1. The lowest BCUT2D eigenvalue weighted by Crippen LogP contribution is -2.30. The molecule has 1 aromatic heterocycles. The number of hydrogen-bond donors (Lipinski definition) is 1. The summed E-state index contributed by atoms with van der Waals surface area (Å²) in [6.07, 6.45) is 2.94. The van der Waals surface area contributed by atoms with E-state index in [0.29, 0.717) is 11.9 Å². The van der Waals surface area contributed by atoms with Gasteiger partial charge in [-0.2, -0.15) is 0 Å². The number of pyridine rings is 1. The summed E-state index contributed by atoms with van der Waals surface area (Å²) >= 11 is 0. The molecule has 0 aliphatic carbocycles. The summed E-state index contributed by atoms with van der Waals surface area (Å²) in [4.78, 5) is 6.43. The van der Waals surface area contributed by atoms with Crippen molar-refractivity contribution in [3.63, 3.8) is 0 Å². The van der Waals surface area contributed by atoms with Gasteiger partial charge in [0.15, 0.2) is 0 Å². The van der Waals surface area contributed by atoms with Gasteiger partial charge in [-0.3, -0.25) is 4.90 Å². The van der Waals surface area contributed by atoms with Gasteiger partial charge in [-0.05, 0) is 32.4 Å². The third-order valence-electron chi connectivity index (χ3n) is 2.91. The highest BCUT2D eigenvalue weighted by Gasteiger charge is 2.12. The van der Waals surface area contributed by atoms with E-state index in [1.807, 2.05) is 12.1 Å². The summed E-state index contributed by atoms with van der Waals surface area (Å²) in [5, 5.41) is 0. The zero-order valence-electron chi connectivity index (χ0n) is 10.8. The summed E-state index contributed by atoms with van der Waals surface area (Å²) in [7, 11) is 2.14. The molecule has 0 aliphatic heterocycles. The van der Waals surface area contributed by atoms with Crippen LogP contribution in [0.2, 0.25) is 0 Å². The van der Waals surface area contributed by atoms with Crippen LogP contribution < -0.4 is 5.73 Å². The Morgan fingerprint density at radius 1 is 1.38 bits per heavy atom. The minimum absolute atomic E-state index is 0.569. The Balaban J connectivity index is 2.57. The van der Waals surface area contributed by atoms with Gasteiger partial charge in [-0.15, -0.1) is 0 Å². The minimum atomic E-state index is 0.569. The molecule has 0 saturated heterocycles. The van der Waals surface area contributed by atoms with Crippen molar-refractivity contribution >= 4 is 5.82 Å². The Kier molecular flexibility index (Phi) is 4.74. The van der Waals surface area contributed by atoms with E-state index in [9.17, 15) is 0 Å². The summed E-state index contributed by atoms with van der Waals surface area (Å²) < 4.78 is 0. The molecule has 0 amide bonds. The molecule has 1 unspecified atom stereocenters. The van der Waals surface area contributed by atoms with Gasteiger partial charge < -0.3 is 5.73 Å². The average molecular weight is 221 g/mol. The molecular weight excluding hydrogens is 198 g/mol. The number of hydrogen-bond acceptors (Lipinski definition) is 3. The second kappa shape index (κ2) is 5.85. The predicted molar refractivity (Wildman–Crippen MR) is 69.0 cm³/mol. The molecule has 0 spiro atoms. The predicted octanol–water partition coefficient (Wildman–Crippen LogP) is 2.53. The number of rotatable bonds is 5. The Morgan fingerprint density at radius 2 is 2.06 bits per heavy atom. The van der Waals surface area contributed by atoms with Gasteiger partial charge in [-0.1, -0.05) is 19.9 Å². The maximum atomic E-state index is 5.83. The fourth-order valence-corrected chi connectivity index (χ4v) is 1.87. The Hall–Kier alpha value is -1.09. The van der Waals surface area contributed by atoms with E-state index >= 15 is 0 Å². The number of anilines is 1. The van der Waals surface area contributed by atoms with E-state index in [1.54, 1.807) is 6.20 Å².